The number of aromatic nitrogens is 6. The van der Waals surface area contributed by atoms with Crippen molar-refractivity contribution in [2.75, 3.05) is 26.8 Å². The second kappa shape index (κ2) is 12.0. The zero-order valence-corrected chi connectivity index (χ0v) is 24.2. The van der Waals surface area contributed by atoms with Crippen molar-refractivity contribution in [3.63, 3.8) is 0 Å². The Bertz CT molecular complexity index is 1830. The highest BCUT2D eigenvalue weighted by Crippen LogP contribution is 2.37. The summed E-state index contributed by atoms with van der Waals surface area (Å²) in [5.41, 5.74) is 5.37. The summed E-state index contributed by atoms with van der Waals surface area (Å²) in [6.45, 7) is 3.44. The van der Waals surface area contributed by atoms with Crippen molar-refractivity contribution in [1.29, 1.82) is 0 Å². The van der Waals surface area contributed by atoms with E-state index in [-0.39, 0.29) is 30.2 Å². The van der Waals surface area contributed by atoms with E-state index >= 15 is 0 Å². The number of carbonyl (C=O) groups excluding carboxylic acids is 1. The number of ether oxygens (including phenoxy) is 1. The molecule has 0 aliphatic carbocycles. The van der Waals surface area contributed by atoms with Crippen LogP contribution in [0, 0.1) is 18.8 Å². The molecule has 0 saturated carbocycles. The molecule has 0 amide bonds. The van der Waals surface area contributed by atoms with Crippen molar-refractivity contribution in [3.8, 4) is 16.9 Å². The molecule has 0 unspecified atom stereocenters. The molecule has 43 heavy (non-hydrogen) atoms. The molecule has 2 atom stereocenters. The molecule has 1 aliphatic rings. The lowest BCUT2D eigenvalue weighted by Crippen LogP contribution is -2.24. The SMILES string of the molecule is COCCN1C[C@@H](CC(=O)Cc2c(C)c(-c3cnc4c(c3)[nH]c(=O)n4C)nn2-c2ccccc2)[C@H](c2ccnc(F)c2)O1. The number of ketones is 1. The van der Waals surface area contributed by atoms with Gasteiger partial charge >= 0.3 is 5.69 Å². The Morgan fingerprint density at radius 1 is 1.19 bits per heavy atom. The molecule has 1 aromatic carbocycles. The van der Waals surface area contributed by atoms with Gasteiger partial charge in [0.25, 0.3) is 0 Å². The Morgan fingerprint density at radius 3 is 2.77 bits per heavy atom. The number of carbonyl (C=O) groups is 1. The van der Waals surface area contributed by atoms with Crippen LogP contribution >= 0.6 is 0 Å². The minimum absolute atomic E-state index is 0.00872. The number of aryl methyl sites for hydroxylation is 1. The molecule has 6 rings (SSSR count). The van der Waals surface area contributed by atoms with Crippen LogP contribution in [0.1, 0.15) is 29.3 Å². The van der Waals surface area contributed by atoms with Crippen molar-refractivity contribution in [1.82, 2.24) is 34.4 Å². The number of nitrogens with one attached hydrogen (secondary N) is 1. The Hall–Kier alpha value is -4.52. The van der Waals surface area contributed by atoms with Gasteiger partial charge in [0.15, 0.2) is 5.65 Å². The van der Waals surface area contributed by atoms with Crippen LogP contribution in [0.15, 0.2) is 65.7 Å². The summed E-state index contributed by atoms with van der Waals surface area (Å²) in [7, 11) is 3.28. The molecule has 4 aromatic heterocycles. The summed E-state index contributed by atoms with van der Waals surface area (Å²) in [6.07, 6.45) is 2.98. The molecule has 0 radical (unpaired) electrons. The van der Waals surface area contributed by atoms with E-state index in [9.17, 15) is 14.0 Å². The Kier molecular flexibility index (Phi) is 7.98. The van der Waals surface area contributed by atoms with Gasteiger partial charge in [0.1, 0.15) is 11.9 Å². The van der Waals surface area contributed by atoms with Crippen LogP contribution in [0.25, 0.3) is 28.1 Å². The third-order valence-corrected chi connectivity index (χ3v) is 7.86. The van der Waals surface area contributed by atoms with Crippen molar-refractivity contribution in [3.05, 3.63) is 94.2 Å². The minimum atomic E-state index is -0.594. The first-order chi connectivity index (χ1) is 20.8. The summed E-state index contributed by atoms with van der Waals surface area (Å²) >= 11 is 0. The van der Waals surface area contributed by atoms with Gasteiger partial charge in [-0.25, -0.2) is 19.4 Å². The number of hydroxylamine groups is 2. The summed E-state index contributed by atoms with van der Waals surface area (Å²) in [5.74, 6) is -0.779. The van der Waals surface area contributed by atoms with E-state index in [1.807, 2.05) is 43.3 Å². The van der Waals surface area contributed by atoms with Crippen molar-refractivity contribution < 1.29 is 18.8 Å². The fourth-order valence-electron chi connectivity index (χ4n) is 5.67. The molecule has 0 bridgehead atoms. The largest absolute Gasteiger partial charge is 0.383 e. The predicted octanol–water partition coefficient (Wildman–Crippen LogP) is 3.71. The van der Waals surface area contributed by atoms with Crippen LogP contribution in [-0.4, -0.2) is 67.0 Å². The lowest BCUT2D eigenvalue weighted by Gasteiger charge is -2.17. The van der Waals surface area contributed by atoms with E-state index in [1.165, 1.54) is 16.8 Å². The Balaban J connectivity index is 1.31. The first-order valence-electron chi connectivity index (χ1n) is 14.0. The second-order valence-corrected chi connectivity index (χ2v) is 10.8. The van der Waals surface area contributed by atoms with Crippen molar-refractivity contribution >= 4 is 16.9 Å². The van der Waals surface area contributed by atoms with E-state index in [0.717, 1.165) is 22.5 Å². The molecule has 0 spiro atoms. The van der Waals surface area contributed by atoms with Gasteiger partial charge in [0.2, 0.25) is 5.95 Å². The molecule has 1 aliphatic heterocycles. The van der Waals surface area contributed by atoms with Gasteiger partial charge in [0.05, 0.1) is 29.2 Å². The second-order valence-electron chi connectivity index (χ2n) is 10.8. The number of para-hydroxylation sites is 1. The Morgan fingerprint density at radius 2 is 2.00 bits per heavy atom. The van der Waals surface area contributed by atoms with E-state index in [1.54, 1.807) is 36.2 Å². The van der Waals surface area contributed by atoms with Gasteiger partial charge in [-0.3, -0.25) is 14.2 Å². The number of H-pyrrole nitrogens is 1. The molecule has 1 N–H and O–H groups in total. The van der Waals surface area contributed by atoms with Gasteiger partial charge in [-0.15, -0.1) is 0 Å². The summed E-state index contributed by atoms with van der Waals surface area (Å²) in [5, 5.41) is 6.70. The number of pyridine rings is 2. The number of hydrogen-bond acceptors (Lipinski definition) is 8. The topological polar surface area (TPSA) is 120 Å². The smallest absolute Gasteiger partial charge is 0.327 e. The highest BCUT2D eigenvalue weighted by Gasteiger charge is 2.37. The molecule has 5 heterocycles. The van der Waals surface area contributed by atoms with Crippen LogP contribution in [-0.2, 0) is 27.8 Å². The lowest BCUT2D eigenvalue weighted by atomic mass is 9.91. The Labute approximate surface area is 246 Å². The summed E-state index contributed by atoms with van der Waals surface area (Å²) in [6, 6.07) is 14.6. The lowest BCUT2D eigenvalue weighted by molar-refractivity contribution is -0.155. The third-order valence-electron chi connectivity index (χ3n) is 7.86. The molecule has 222 valence electrons. The maximum atomic E-state index is 14.0. The number of nitrogens with zero attached hydrogens (tertiary/aromatic N) is 6. The summed E-state index contributed by atoms with van der Waals surface area (Å²) in [4.78, 5) is 43.0. The summed E-state index contributed by atoms with van der Waals surface area (Å²) < 4.78 is 22.5. The number of hydrogen-bond donors (Lipinski definition) is 1. The van der Waals surface area contributed by atoms with Crippen LogP contribution in [0.3, 0.4) is 0 Å². The normalized spacial score (nSPS) is 17.2. The number of imidazole rings is 1. The molecular weight excluding hydrogens is 553 g/mol. The van der Waals surface area contributed by atoms with Gasteiger partial charge in [-0.1, -0.05) is 18.2 Å². The van der Waals surface area contributed by atoms with Crippen LogP contribution in [0.4, 0.5) is 4.39 Å². The zero-order chi connectivity index (χ0) is 30.1. The van der Waals surface area contributed by atoms with Crippen molar-refractivity contribution in [2.45, 2.75) is 25.9 Å². The quantitative estimate of drug-likeness (QED) is 0.247. The van der Waals surface area contributed by atoms with E-state index in [0.29, 0.717) is 42.1 Å². The van der Waals surface area contributed by atoms with Gasteiger partial charge in [-0.05, 0) is 48.4 Å². The zero-order valence-electron chi connectivity index (χ0n) is 24.2. The predicted molar refractivity (Wildman–Crippen MR) is 157 cm³/mol. The molecule has 11 nitrogen and oxygen atoms in total. The number of rotatable bonds is 10. The van der Waals surface area contributed by atoms with E-state index in [4.69, 9.17) is 14.7 Å². The van der Waals surface area contributed by atoms with Crippen LogP contribution < -0.4 is 5.69 Å². The third kappa shape index (κ3) is 5.76. The monoisotopic (exact) mass is 585 g/mol. The molecule has 1 saturated heterocycles. The maximum Gasteiger partial charge on any atom is 0.327 e. The fourth-order valence-corrected chi connectivity index (χ4v) is 5.67. The first-order valence-corrected chi connectivity index (χ1v) is 14.0. The standard InChI is InChI=1S/C31H32FN7O4/c1-19-26(16-24(40)13-22-18-38(11-12-42-3)43-29(22)20-9-10-33-27(32)15-20)39(23-7-5-4-6-8-23)36-28(19)21-14-25-30(34-17-21)37(2)31(41)35-25/h4-10,14-15,17,22,29H,11-13,16,18H2,1-3H3,(H,35,41)/t22-,29+/m1/s1. The highest BCUT2D eigenvalue weighted by molar-refractivity contribution is 5.83. The number of benzene rings is 1. The number of aromatic amines is 1. The van der Waals surface area contributed by atoms with Crippen LogP contribution in [0.5, 0.6) is 0 Å². The number of halogens is 1. The maximum absolute atomic E-state index is 14.0. The number of Topliss-reactive ketones (excluding diaryl/α,β-unsaturated/α-hetero) is 1. The molecular formula is C31H32FN7O4. The van der Waals surface area contributed by atoms with E-state index in [2.05, 4.69) is 15.0 Å². The molecule has 12 heteroatoms. The number of methoxy groups -OCH3 is 1. The average Bonchev–Trinajstić information content (AvgIpc) is 3.65. The number of fused-ring (bicyclic) bond motifs is 1. The van der Waals surface area contributed by atoms with Crippen molar-refractivity contribution in [2.24, 2.45) is 13.0 Å². The van der Waals surface area contributed by atoms with Gasteiger partial charge < -0.3 is 9.72 Å². The first kappa shape index (κ1) is 28.6. The van der Waals surface area contributed by atoms with Crippen LogP contribution in [0.2, 0.25) is 0 Å². The fraction of sp³-hybridized carbons (Fsp3) is 0.323. The van der Waals surface area contributed by atoms with Gasteiger partial charge in [0, 0.05) is 64.0 Å². The average molecular weight is 586 g/mol. The molecule has 1 fully saturated rings. The molecule has 5 aromatic rings. The highest BCUT2D eigenvalue weighted by atomic mass is 19.1. The van der Waals surface area contributed by atoms with E-state index < -0.39 is 12.1 Å². The minimum Gasteiger partial charge on any atom is -0.383 e. The van der Waals surface area contributed by atoms with Gasteiger partial charge in [-0.2, -0.15) is 14.6 Å².